The van der Waals surface area contributed by atoms with Crippen LogP contribution in [0.25, 0.3) is 16.9 Å². The molecule has 1 aliphatic rings. The van der Waals surface area contributed by atoms with E-state index in [9.17, 15) is 4.39 Å². The third-order valence-corrected chi connectivity index (χ3v) is 6.19. The van der Waals surface area contributed by atoms with Crippen LogP contribution < -0.4 is 0 Å². The lowest BCUT2D eigenvalue weighted by Crippen LogP contribution is -2.32. The van der Waals surface area contributed by atoms with Crippen molar-refractivity contribution < 1.29 is 4.39 Å². The molecule has 0 N–H and O–H groups in total. The lowest BCUT2D eigenvalue weighted by atomic mass is 10.1. The Labute approximate surface area is 165 Å². The second-order valence-corrected chi connectivity index (χ2v) is 8.43. The first-order chi connectivity index (χ1) is 13.1. The third kappa shape index (κ3) is 3.97. The average molecular weight is 381 g/mol. The van der Waals surface area contributed by atoms with Gasteiger partial charge in [-0.1, -0.05) is 12.1 Å². The Morgan fingerprint density at radius 2 is 1.70 bits per heavy atom. The van der Waals surface area contributed by atoms with E-state index in [2.05, 4.69) is 53.6 Å². The van der Waals surface area contributed by atoms with Gasteiger partial charge >= 0.3 is 0 Å². The highest BCUT2D eigenvalue weighted by atomic mass is 32.2. The molecule has 140 valence electrons. The molecule has 2 nitrogen and oxygen atoms in total. The summed E-state index contributed by atoms with van der Waals surface area (Å²) in [5, 5.41) is 0. The fourth-order valence-corrected chi connectivity index (χ4v) is 4.73. The number of nitrogens with zero attached hydrogens (tertiary/aromatic N) is 2. The van der Waals surface area contributed by atoms with Crippen LogP contribution in [0.2, 0.25) is 0 Å². The predicted molar refractivity (Wildman–Crippen MR) is 113 cm³/mol. The largest absolute Gasteiger partial charge is 0.314 e. The summed E-state index contributed by atoms with van der Waals surface area (Å²) in [5.41, 5.74) is 7.18. The zero-order chi connectivity index (χ0) is 18.8. The highest BCUT2D eigenvalue weighted by Crippen LogP contribution is 2.31. The minimum atomic E-state index is -0.199. The number of rotatable bonds is 4. The maximum absolute atomic E-state index is 13.5. The Morgan fingerprint density at radius 1 is 0.963 bits per heavy atom. The first kappa shape index (κ1) is 18.3. The molecule has 1 aromatic heterocycles. The van der Waals surface area contributed by atoms with Crippen LogP contribution in [0.15, 0.2) is 54.6 Å². The van der Waals surface area contributed by atoms with Crippen molar-refractivity contribution in [1.29, 1.82) is 0 Å². The number of hydrogen-bond donors (Lipinski definition) is 0. The molecule has 3 aromatic rings. The van der Waals surface area contributed by atoms with Crippen LogP contribution in [0.4, 0.5) is 4.39 Å². The van der Waals surface area contributed by atoms with Crippen LogP contribution in [0.3, 0.4) is 0 Å². The first-order valence-corrected chi connectivity index (χ1v) is 10.6. The van der Waals surface area contributed by atoms with Gasteiger partial charge in [0.15, 0.2) is 0 Å². The van der Waals surface area contributed by atoms with Crippen molar-refractivity contribution in [2.45, 2.75) is 20.4 Å². The van der Waals surface area contributed by atoms with Crippen molar-refractivity contribution in [3.8, 4) is 16.9 Å². The standard InChI is InChI=1S/C23H25FN2S/c1-17-4-3-5-22(14-17)26-18(2)20(16-25-10-12-27-13-11-25)15-23(26)19-6-8-21(24)9-7-19/h3-9,14-15H,10-13,16H2,1-2H3. The predicted octanol–water partition coefficient (Wildman–Crippen LogP) is 5.45. The number of hydrogen-bond acceptors (Lipinski definition) is 2. The highest BCUT2D eigenvalue weighted by molar-refractivity contribution is 7.99. The molecule has 1 aliphatic heterocycles. The number of aryl methyl sites for hydroxylation is 1. The number of thioether (sulfide) groups is 1. The van der Waals surface area contributed by atoms with Gasteiger partial charge < -0.3 is 4.57 Å². The molecule has 4 rings (SSSR count). The fourth-order valence-electron chi connectivity index (χ4n) is 3.75. The van der Waals surface area contributed by atoms with E-state index < -0.39 is 0 Å². The summed E-state index contributed by atoms with van der Waals surface area (Å²) in [6.07, 6.45) is 0. The zero-order valence-electron chi connectivity index (χ0n) is 15.9. The van der Waals surface area contributed by atoms with Crippen molar-refractivity contribution in [2.75, 3.05) is 24.6 Å². The van der Waals surface area contributed by atoms with Gasteiger partial charge in [0.2, 0.25) is 0 Å². The molecule has 0 atom stereocenters. The van der Waals surface area contributed by atoms with Crippen molar-refractivity contribution in [1.82, 2.24) is 9.47 Å². The van der Waals surface area contributed by atoms with E-state index in [1.165, 1.54) is 28.3 Å². The van der Waals surface area contributed by atoms with Gasteiger partial charge in [-0.2, -0.15) is 11.8 Å². The van der Waals surface area contributed by atoms with E-state index in [1.54, 1.807) is 12.1 Å². The van der Waals surface area contributed by atoms with Crippen LogP contribution in [-0.2, 0) is 6.54 Å². The summed E-state index contributed by atoms with van der Waals surface area (Å²) < 4.78 is 15.8. The molecule has 4 heteroatoms. The Kier molecular flexibility index (Phi) is 5.37. The molecule has 1 saturated heterocycles. The smallest absolute Gasteiger partial charge is 0.123 e. The maximum atomic E-state index is 13.5. The molecular weight excluding hydrogens is 355 g/mol. The van der Waals surface area contributed by atoms with Crippen LogP contribution >= 0.6 is 11.8 Å². The zero-order valence-corrected chi connectivity index (χ0v) is 16.7. The van der Waals surface area contributed by atoms with E-state index in [1.807, 2.05) is 23.9 Å². The molecule has 0 radical (unpaired) electrons. The van der Waals surface area contributed by atoms with E-state index >= 15 is 0 Å². The van der Waals surface area contributed by atoms with Crippen molar-refractivity contribution in [3.05, 3.63) is 77.2 Å². The molecule has 2 heterocycles. The maximum Gasteiger partial charge on any atom is 0.123 e. The van der Waals surface area contributed by atoms with Crippen LogP contribution in [0, 0.1) is 19.7 Å². The van der Waals surface area contributed by atoms with Gasteiger partial charge in [0.05, 0.1) is 5.69 Å². The summed E-state index contributed by atoms with van der Waals surface area (Å²) >= 11 is 2.04. The van der Waals surface area contributed by atoms with Crippen molar-refractivity contribution in [2.24, 2.45) is 0 Å². The Balaban J connectivity index is 1.80. The Morgan fingerprint density at radius 3 is 2.41 bits per heavy atom. The number of aromatic nitrogens is 1. The lowest BCUT2D eigenvalue weighted by Gasteiger charge is -2.26. The van der Waals surface area contributed by atoms with E-state index in [0.29, 0.717) is 0 Å². The molecule has 0 aliphatic carbocycles. The van der Waals surface area contributed by atoms with E-state index in [-0.39, 0.29) is 5.82 Å². The first-order valence-electron chi connectivity index (χ1n) is 9.46. The van der Waals surface area contributed by atoms with Gasteiger partial charge in [-0.3, -0.25) is 4.90 Å². The Bertz CT molecular complexity index is 924. The molecule has 1 fully saturated rings. The van der Waals surface area contributed by atoms with Crippen LogP contribution in [0.1, 0.15) is 16.8 Å². The molecule has 0 unspecified atom stereocenters. The van der Waals surface area contributed by atoms with E-state index in [0.717, 1.165) is 36.6 Å². The van der Waals surface area contributed by atoms with Gasteiger partial charge in [-0.05, 0) is 73.0 Å². The van der Waals surface area contributed by atoms with Gasteiger partial charge in [-0.15, -0.1) is 0 Å². The second-order valence-electron chi connectivity index (χ2n) is 7.21. The van der Waals surface area contributed by atoms with Crippen LogP contribution in [-0.4, -0.2) is 34.1 Å². The number of benzene rings is 2. The summed E-state index contributed by atoms with van der Waals surface area (Å²) in [4.78, 5) is 2.54. The third-order valence-electron chi connectivity index (χ3n) is 5.25. The molecule has 27 heavy (non-hydrogen) atoms. The van der Waals surface area contributed by atoms with Crippen LogP contribution in [0.5, 0.6) is 0 Å². The highest BCUT2D eigenvalue weighted by Gasteiger charge is 2.18. The average Bonchev–Trinajstić information content (AvgIpc) is 2.99. The SMILES string of the molecule is Cc1cccc(-n2c(-c3ccc(F)cc3)cc(CN3CCSCC3)c2C)c1. The molecule has 0 amide bonds. The monoisotopic (exact) mass is 380 g/mol. The second kappa shape index (κ2) is 7.91. The summed E-state index contributed by atoms with van der Waals surface area (Å²) in [7, 11) is 0. The van der Waals surface area contributed by atoms with Crippen molar-refractivity contribution >= 4 is 11.8 Å². The molecule has 0 saturated carbocycles. The molecule has 0 bridgehead atoms. The fraction of sp³-hybridized carbons (Fsp3) is 0.304. The quantitative estimate of drug-likeness (QED) is 0.595. The molecule has 0 spiro atoms. The summed E-state index contributed by atoms with van der Waals surface area (Å²) in [6.45, 7) is 7.58. The van der Waals surface area contributed by atoms with Gasteiger partial charge in [-0.25, -0.2) is 4.39 Å². The minimum absolute atomic E-state index is 0.199. The topological polar surface area (TPSA) is 8.17 Å². The molecular formula is C23H25FN2S. The van der Waals surface area contributed by atoms with Crippen molar-refractivity contribution in [3.63, 3.8) is 0 Å². The van der Waals surface area contributed by atoms with Gasteiger partial charge in [0, 0.05) is 42.5 Å². The summed E-state index contributed by atoms with van der Waals surface area (Å²) in [5.74, 6) is 2.22. The minimum Gasteiger partial charge on any atom is -0.314 e. The normalized spacial score (nSPS) is 15.2. The summed E-state index contributed by atoms with van der Waals surface area (Å²) in [6, 6.07) is 17.7. The van der Waals surface area contributed by atoms with Gasteiger partial charge in [0.1, 0.15) is 5.82 Å². The number of halogens is 1. The Hall–Kier alpha value is -2.04. The van der Waals surface area contributed by atoms with Gasteiger partial charge in [0.25, 0.3) is 0 Å². The lowest BCUT2D eigenvalue weighted by molar-refractivity contribution is 0.294. The molecule has 2 aromatic carbocycles. The van der Waals surface area contributed by atoms with E-state index in [4.69, 9.17) is 0 Å².